The molecule has 0 fully saturated rings. The molecule has 0 saturated carbocycles. The minimum atomic E-state index is -4.66. The molecule has 7 heteroatoms. The van der Waals surface area contributed by atoms with Crippen molar-refractivity contribution in [1.29, 1.82) is 0 Å². The molecule has 78 valence electrons. The van der Waals surface area contributed by atoms with Gasteiger partial charge in [-0.1, -0.05) is 15.9 Å². The number of nitrogens with zero attached hydrogens (tertiary/aromatic N) is 1. The summed E-state index contributed by atoms with van der Waals surface area (Å²) in [5.41, 5.74) is 0.521. The second-order valence-electron chi connectivity index (χ2n) is 2.25. The molecule has 0 aliphatic heterocycles. The molecule has 0 aliphatic rings. The van der Waals surface area contributed by atoms with E-state index in [9.17, 15) is 13.2 Å². The van der Waals surface area contributed by atoms with Crippen LogP contribution in [-0.4, -0.2) is 11.3 Å². The first kappa shape index (κ1) is 12.0. The van der Waals surface area contributed by atoms with Crippen molar-refractivity contribution in [3.63, 3.8) is 0 Å². The van der Waals surface area contributed by atoms with Crippen molar-refractivity contribution in [3.05, 3.63) is 21.5 Å². The van der Waals surface area contributed by atoms with E-state index in [0.29, 0.717) is 14.6 Å². The fourth-order valence-corrected chi connectivity index (χ4v) is 2.33. The highest BCUT2D eigenvalue weighted by Gasteiger charge is 2.32. The van der Waals surface area contributed by atoms with Gasteiger partial charge in [0.15, 0.2) is 0 Å². The Kier molecular flexibility index (Phi) is 3.99. The lowest BCUT2D eigenvalue weighted by molar-refractivity contribution is -0.275. The number of rotatable bonds is 2. The molecular formula is C7H4BrF3INO. The zero-order valence-electron chi connectivity index (χ0n) is 6.61. The molecule has 1 aromatic heterocycles. The van der Waals surface area contributed by atoms with Crippen LogP contribution >= 0.6 is 38.5 Å². The van der Waals surface area contributed by atoms with Gasteiger partial charge in [0.05, 0.1) is 9.26 Å². The van der Waals surface area contributed by atoms with Gasteiger partial charge in [0.1, 0.15) is 5.75 Å². The van der Waals surface area contributed by atoms with Crippen molar-refractivity contribution in [2.75, 3.05) is 0 Å². The van der Waals surface area contributed by atoms with Gasteiger partial charge in [-0.05, 0) is 28.7 Å². The predicted octanol–water partition coefficient (Wildman–Crippen LogP) is 3.48. The van der Waals surface area contributed by atoms with E-state index < -0.39 is 6.36 Å². The lowest BCUT2D eigenvalue weighted by atomic mass is 10.3. The van der Waals surface area contributed by atoms with E-state index in [1.807, 2.05) is 0 Å². The van der Waals surface area contributed by atoms with E-state index in [1.165, 1.54) is 12.3 Å². The van der Waals surface area contributed by atoms with Crippen LogP contribution in [0.3, 0.4) is 0 Å². The summed E-state index contributed by atoms with van der Waals surface area (Å²) in [5.74, 6) is -0.220. The van der Waals surface area contributed by atoms with Gasteiger partial charge in [0, 0.05) is 11.5 Å². The Morgan fingerprint density at radius 2 is 2.14 bits per heavy atom. The van der Waals surface area contributed by atoms with E-state index in [1.54, 1.807) is 22.6 Å². The molecule has 0 spiro atoms. The third kappa shape index (κ3) is 3.26. The minimum absolute atomic E-state index is 0.220. The summed E-state index contributed by atoms with van der Waals surface area (Å²) in [4.78, 5) is 3.89. The molecule has 0 bridgehead atoms. The van der Waals surface area contributed by atoms with Gasteiger partial charge < -0.3 is 4.74 Å². The van der Waals surface area contributed by atoms with Gasteiger partial charge in [-0.25, -0.2) is 0 Å². The Hall–Kier alpha value is -0.0500. The van der Waals surface area contributed by atoms with Gasteiger partial charge in [-0.3, -0.25) is 4.98 Å². The number of aromatic nitrogens is 1. The highest BCUT2D eigenvalue weighted by atomic mass is 127. The van der Waals surface area contributed by atoms with Crippen molar-refractivity contribution in [2.45, 2.75) is 11.7 Å². The number of alkyl halides is 4. The van der Waals surface area contributed by atoms with Crippen LogP contribution in [0.5, 0.6) is 5.75 Å². The van der Waals surface area contributed by atoms with Crippen LogP contribution in [-0.2, 0) is 5.33 Å². The zero-order chi connectivity index (χ0) is 10.8. The quantitative estimate of drug-likeness (QED) is 0.578. The molecule has 0 N–H and O–H groups in total. The fraction of sp³-hybridized carbons (Fsp3) is 0.286. The lowest BCUT2D eigenvalue weighted by Crippen LogP contribution is -2.18. The molecule has 14 heavy (non-hydrogen) atoms. The molecule has 0 saturated heterocycles. The van der Waals surface area contributed by atoms with Gasteiger partial charge >= 0.3 is 6.36 Å². The van der Waals surface area contributed by atoms with E-state index in [2.05, 4.69) is 25.7 Å². The predicted molar refractivity (Wildman–Crippen MR) is 56.3 cm³/mol. The first-order chi connectivity index (χ1) is 6.44. The number of hydrogen-bond donors (Lipinski definition) is 0. The third-order valence-corrected chi connectivity index (χ3v) is 2.96. The molecule has 0 unspecified atom stereocenters. The largest absolute Gasteiger partial charge is 0.573 e. The highest BCUT2D eigenvalue weighted by molar-refractivity contribution is 14.1. The van der Waals surface area contributed by atoms with E-state index in [-0.39, 0.29) is 5.75 Å². The standard InChI is InChI=1S/C7H4BrF3INO/c8-3-4-6(12)5(1-2-13-4)14-7(9,10)11/h1-2H,3H2. The van der Waals surface area contributed by atoms with Crippen LogP contribution in [0.1, 0.15) is 5.69 Å². The van der Waals surface area contributed by atoms with Crippen molar-refractivity contribution in [1.82, 2.24) is 4.98 Å². The van der Waals surface area contributed by atoms with Crippen LogP contribution in [0.2, 0.25) is 0 Å². The molecule has 0 amide bonds. The maximum Gasteiger partial charge on any atom is 0.573 e. The fourth-order valence-electron chi connectivity index (χ4n) is 0.764. The number of halogens is 5. The Labute approximate surface area is 100 Å². The van der Waals surface area contributed by atoms with Crippen LogP contribution in [0, 0.1) is 3.57 Å². The summed E-state index contributed by atoms with van der Waals surface area (Å²) in [6, 6.07) is 1.18. The Morgan fingerprint density at radius 1 is 1.50 bits per heavy atom. The summed E-state index contributed by atoms with van der Waals surface area (Å²) in [7, 11) is 0. The molecule has 0 aliphatic carbocycles. The molecule has 2 nitrogen and oxygen atoms in total. The molecule has 0 radical (unpaired) electrons. The molecule has 1 aromatic rings. The second-order valence-corrected chi connectivity index (χ2v) is 3.89. The molecule has 1 heterocycles. The van der Waals surface area contributed by atoms with Crippen molar-refractivity contribution in [3.8, 4) is 5.75 Å². The van der Waals surface area contributed by atoms with E-state index in [4.69, 9.17) is 0 Å². The van der Waals surface area contributed by atoms with Gasteiger partial charge in [-0.2, -0.15) is 0 Å². The highest BCUT2D eigenvalue weighted by Crippen LogP contribution is 2.29. The molecule has 0 aromatic carbocycles. The van der Waals surface area contributed by atoms with Gasteiger partial charge in [-0.15, -0.1) is 13.2 Å². The SMILES string of the molecule is FC(F)(F)Oc1ccnc(CBr)c1I. The average Bonchev–Trinajstić information content (AvgIpc) is 2.06. The lowest BCUT2D eigenvalue weighted by Gasteiger charge is -2.11. The van der Waals surface area contributed by atoms with Crippen molar-refractivity contribution < 1.29 is 17.9 Å². The second kappa shape index (κ2) is 4.65. The van der Waals surface area contributed by atoms with Crippen LogP contribution in [0.15, 0.2) is 12.3 Å². The summed E-state index contributed by atoms with van der Waals surface area (Å²) >= 11 is 4.88. The monoisotopic (exact) mass is 381 g/mol. The summed E-state index contributed by atoms with van der Waals surface area (Å²) in [5, 5.41) is 0.389. The number of ether oxygens (including phenoxy) is 1. The number of pyridine rings is 1. The van der Waals surface area contributed by atoms with Crippen molar-refractivity contribution >= 4 is 38.5 Å². The van der Waals surface area contributed by atoms with Gasteiger partial charge in [0.25, 0.3) is 0 Å². The maximum atomic E-state index is 11.9. The Bertz CT molecular complexity index is 331. The Balaban J connectivity index is 2.98. The van der Waals surface area contributed by atoms with Gasteiger partial charge in [0.2, 0.25) is 0 Å². The van der Waals surface area contributed by atoms with E-state index >= 15 is 0 Å². The summed E-state index contributed by atoms with van der Waals surface area (Å²) in [6.45, 7) is 0. The van der Waals surface area contributed by atoms with Crippen LogP contribution in [0.25, 0.3) is 0 Å². The first-order valence-corrected chi connectivity index (χ1v) is 5.59. The topological polar surface area (TPSA) is 22.1 Å². The smallest absolute Gasteiger partial charge is 0.405 e. The van der Waals surface area contributed by atoms with Crippen LogP contribution in [0.4, 0.5) is 13.2 Å². The summed E-state index contributed by atoms with van der Waals surface area (Å²) < 4.78 is 39.9. The average molecular weight is 382 g/mol. The molecule has 1 rings (SSSR count). The van der Waals surface area contributed by atoms with E-state index in [0.717, 1.165) is 0 Å². The Morgan fingerprint density at radius 3 is 2.64 bits per heavy atom. The van der Waals surface area contributed by atoms with Crippen molar-refractivity contribution in [2.24, 2.45) is 0 Å². The molecular weight excluding hydrogens is 378 g/mol. The maximum absolute atomic E-state index is 11.9. The third-order valence-electron chi connectivity index (χ3n) is 1.28. The first-order valence-electron chi connectivity index (χ1n) is 3.39. The normalized spacial score (nSPS) is 11.5. The molecule has 0 atom stereocenters. The zero-order valence-corrected chi connectivity index (χ0v) is 10.4. The summed E-state index contributed by atoms with van der Waals surface area (Å²) in [6.07, 6.45) is -3.38. The number of hydrogen-bond acceptors (Lipinski definition) is 2. The van der Waals surface area contributed by atoms with Crippen LogP contribution < -0.4 is 4.74 Å². The minimum Gasteiger partial charge on any atom is -0.405 e.